The number of nitrogens with zero attached hydrogens (tertiary/aromatic N) is 1. The number of halogens is 1. The van der Waals surface area contributed by atoms with E-state index in [9.17, 15) is 14.0 Å². The molecule has 1 aromatic carbocycles. The Kier molecular flexibility index (Phi) is 4.58. The van der Waals surface area contributed by atoms with Gasteiger partial charge < -0.3 is 19.7 Å². The van der Waals surface area contributed by atoms with Gasteiger partial charge in [-0.05, 0) is 43.2 Å². The van der Waals surface area contributed by atoms with E-state index in [1.807, 2.05) is 0 Å². The van der Waals surface area contributed by atoms with Gasteiger partial charge in [-0.3, -0.25) is 4.79 Å². The molecule has 3 rings (SSSR count). The lowest BCUT2D eigenvalue weighted by Crippen LogP contribution is -2.42. The first-order chi connectivity index (χ1) is 11.9. The molecule has 6 nitrogen and oxygen atoms in total. The summed E-state index contributed by atoms with van der Waals surface area (Å²) in [7, 11) is 2.81. The first-order valence-corrected chi connectivity index (χ1v) is 8.38. The maximum absolute atomic E-state index is 13.9. The second-order valence-corrected chi connectivity index (χ2v) is 6.86. The van der Waals surface area contributed by atoms with Crippen molar-refractivity contribution in [3.63, 3.8) is 0 Å². The second-order valence-electron chi connectivity index (χ2n) is 6.86. The predicted molar refractivity (Wildman–Crippen MR) is 90.1 cm³/mol. The van der Waals surface area contributed by atoms with Gasteiger partial charge in [-0.15, -0.1) is 0 Å². The number of amides is 2. The summed E-state index contributed by atoms with van der Waals surface area (Å²) in [6, 6.07) is 2.57. The summed E-state index contributed by atoms with van der Waals surface area (Å²) in [6.07, 6.45) is 2.42. The van der Waals surface area contributed by atoms with Gasteiger partial charge in [-0.2, -0.15) is 0 Å². The zero-order valence-electron chi connectivity index (χ0n) is 14.7. The number of methoxy groups -OCH3 is 2. The quantitative estimate of drug-likeness (QED) is 0.851. The molecular formula is C18H23FN2O4. The number of carbonyl (C=O) groups excluding carboxylic acids is 2. The number of piperidine rings is 1. The number of benzene rings is 1. The van der Waals surface area contributed by atoms with Gasteiger partial charge in [0.2, 0.25) is 0 Å². The van der Waals surface area contributed by atoms with Crippen molar-refractivity contribution >= 4 is 17.7 Å². The zero-order valence-corrected chi connectivity index (χ0v) is 14.7. The standard InChI is InChI=1S/C18H23FN2O4/c1-11-8-15(24-2)13(19)9-14(11)20-17(23)21-6-4-18(5-7-21)10-12(18)16(22)25-3/h8-9,12H,4-7,10H2,1-3H3,(H,20,23). The highest BCUT2D eigenvalue weighted by Crippen LogP contribution is 2.59. The molecule has 1 saturated carbocycles. The molecule has 1 aliphatic carbocycles. The van der Waals surface area contributed by atoms with Gasteiger partial charge in [0.1, 0.15) is 0 Å². The van der Waals surface area contributed by atoms with E-state index < -0.39 is 5.82 Å². The fraction of sp³-hybridized carbons (Fsp3) is 0.556. The molecule has 1 N–H and O–H groups in total. The van der Waals surface area contributed by atoms with E-state index in [1.165, 1.54) is 20.3 Å². The number of hydrogen-bond acceptors (Lipinski definition) is 4. The monoisotopic (exact) mass is 350 g/mol. The zero-order chi connectivity index (χ0) is 18.2. The van der Waals surface area contributed by atoms with Crippen LogP contribution in [-0.4, -0.2) is 44.2 Å². The Morgan fingerprint density at radius 1 is 1.28 bits per heavy atom. The van der Waals surface area contributed by atoms with Crippen LogP contribution in [0.15, 0.2) is 12.1 Å². The summed E-state index contributed by atoms with van der Waals surface area (Å²) in [5, 5.41) is 2.76. The molecule has 25 heavy (non-hydrogen) atoms. The van der Waals surface area contributed by atoms with E-state index in [2.05, 4.69) is 5.32 Å². The smallest absolute Gasteiger partial charge is 0.321 e. The maximum Gasteiger partial charge on any atom is 0.321 e. The van der Waals surface area contributed by atoms with Crippen LogP contribution in [0.5, 0.6) is 5.75 Å². The molecule has 136 valence electrons. The van der Waals surface area contributed by atoms with Crippen molar-refractivity contribution in [3.05, 3.63) is 23.5 Å². The molecule has 0 radical (unpaired) electrons. The molecule has 2 amide bonds. The Morgan fingerprint density at radius 3 is 2.56 bits per heavy atom. The third kappa shape index (κ3) is 3.27. The van der Waals surface area contributed by atoms with Crippen molar-refractivity contribution in [1.29, 1.82) is 0 Å². The first kappa shape index (κ1) is 17.5. The number of carbonyl (C=O) groups is 2. The third-order valence-electron chi connectivity index (χ3n) is 5.46. The van der Waals surface area contributed by atoms with E-state index >= 15 is 0 Å². The highest BCUT2D eigenvalue weighted by molar-refractivity contribution is 5.90. The van der Waals surface area contributed by atoms with E-state index in [-0.39, 0.29) is 29.1 Å². The Labute approximate surface area is 146 Å². The largest absolute Gasteiger partial charge is 0.494 e. The van der Waals surface area contributed by atoms with Crippen molar-refractivity contribution in [3.8, 4) is 5.75 Å². The summed E-state index contributed by atoms with van der Waals surface area (Å²) in [5.74, 6) is -0.541. The highest BCUT2D eigenvalue weighted by atomic mass is 19.1. The predicted octanol–water partition coefficient (Wildman–Crippen LogP) is 2.95. The molecule has 0 bridgehead atoms. The number of aryl methyl sites for hydroxylation is 1. The molecule has 1 atom stereocenters. The summed E-state index contributed by atoms with van der Waals surface area (Å²) < 4.78 is 23.6. The summed E-state index contributed by atoms with van der Waals surface area (Å²) in [5.41, 5.74) is 1.17. The summed E-state index contributed by atoms with van der Waals surface area (Å²) in [6.45, 7) is 2.95. The maximum atomic E-state index is 13.9. The first-order valence-electron chi connectivity index (χ1n) is 8.38. The molecule has 7 heteroatoms. The molecule has 0 aromatic heterocycles. The molecule has 1 heterocycles. The molecule has 2 fully saturated rings. The van der Waals surface area contributed by atoms with Crippen molar-refractivity contribution in [1.82, 2.24) is 4.90 Å². The Balaban J connectivity index is 1.59. The van der Waals surface area contributed by atoms with Gasteiger partial charge in [0.25, 0.3) is 0 Å². The number of rotatable bonds is 3. The molecule has 1 unspecified atom stereocenters. The van der Waals surface area contributed by atoms with Crippen molar-refractivity contribution in [2.45, 2.75) is 26.2 Å². The number of likely N-dealkylation sites (tertiary alicyclic amines) is 1. The molecular weight excluding hydrogens is 327 g/mol. The van der Waals surface area contributed by atoms with Crippen LogP contribution in [-0.2, 0) is 9.53 Å². The molecule has 1 aromatic rings. The molecule has 2 aliphatic rings. The van der Waals surface area contributed by atoms with Crippen LogP contribution in [0.1, 0.15) is 24.8 Å². The van der Waals surface area contributed by atoms with Crippen LogP contribution < -0.4 is 10.1 Å². The van der Waals surface area contributed by atoms with Crippen LogP contribution in [0.3, 0.4) is 0 Å². The van der Waals surface area contributed by atoms with Crippen molar-refractivity contribution in [2.75, 3.05) is 32.6 Å². The third-order valence-corrected chi connectivity index (χ3v) is 5.46. The van der Waals surface area contributed by atoms with Gasteiger partial charge in [-0.25, -0.2) is 9.18 Å². The van der Waals surface area contributed by atoms with Gasteiger partial charge in [-0.1, -0.05) is 0 Å². The fourth-order valence-corrected chi connectivity index (χ4v) is 3.67. The van der Waals surface area contributed by atoms with Gasteiger partial charge in [0.15, 0.2) is 11.6 Å². The van der Waals surface area contributed by atoms with Gasteiger partial charge >= 0.3 is 12.0 Å². The van der Waals surface area contributed by atoms with Gasteiger partial charge in [0.05, 0.1) is 20.1 Å². The summed E-state index contributed by atoms with van der Waals surface area (Å²) >= 11 is 0. The Bertz CT molecular complexity index is 699. The SMILES string of the molecule is COC(=O)C1CC12CCN(C(=O)Nc1cc(F)c(OC)cc1C)CC2. The van der Waals surface area contributed by atoms with Gasteiger partial charge in [0, 0.05) is 24.8 Å². The van der Waals surface area contributed by atoms with Crippen LogP contribution >= 0.6 is 0 Å². The minimum atomic E-state index is -0.514. The number of urea groups is 1. The van der Waals surface area contributed by atoms with Crippen molar-refractivity contribution < 1.29 is 23.5 Å². The molecule has 1 saturated heterocycles. The lowest BCUT2D eigenvalue weighted by atomic mass is 9.91. The van der Waals surface area contributed by atoms with Crippen LogP contribution in [0.2, 0.25) is 0 Å². The van der Waals surface area contributed by atoms with Crippen LogP contribution in [0, 0.1) is 24.1 Å². The van der Waals surface area contributed by atoms with Crippen LogP contribution in [0.25, 0.3) is 0 Å². The Hall–Kier alpha value is -2.31. The number of anilines is 1. The number of esters is 1. The van der Waals surface area contributed by atoms with E-state index in [0.29, 0.717) is 18.8 Å². The Morgan fingerprint density at radius 2 is 1.96 bits per heavy atom. The normalized spacial score (nSPS) is 21.0. The van der Waals surface area contributed by atoms with Crippen molar-refractivity contribution in [2.24, 2.45) is 11.3 Å². The summed E-state index contributed by atoms with van der Waals surface area (Å²) in [4.78, 5) is 25.8. The van der Waals surface area contributed by atoms with E-state index in [1.54, 1.807) is 17.9 Å². The van der Waals surface area contributed by atoms with Crippen LogP contribution in [0.4, 0.5) is 14.9 Å². The van der Waals surface area contributed by atoms with E-state index in [4.69, 9.17) is 9.47 Å². The lowest BCUT2D eigenvalue weighted by molar-refractivity contribution is -0.143. The number of hydrogen-bond donors (Lipinski definition) is 1. The minimum Gasteiger partial charge on any atom is -0.494 e. The topological polar surface area (TPSA) is 67.9 Å². The number of ether oxygens (including phenoxy) is 2. The fourth-order valence-electron chi connectivity index (χ4n) is 3.67. The highest BCUT2D eigenvalue weighted by Gasteiger charge is 2.59. The minimum absolute atomic E-state index is 0.00596. The average Bonchev–Trinajstić information content (AvgIpc) is 3.31. The second kappa shape index (κ2) is 6.54. The number of nitrogens with one attached hydrogen (secondary N) is 1. The van der Waals surface area contributed by atoms with E-state index in [0.717, 1.165) is 24.8 Å². The molecule has 1 spiro atoms. The lowest BCUT2D eigenvalue weighted by Gasteiger charge is -2.32. The average molecular weight is 350 g/mol. The molecule has 1 aliphatic heterocycles.